The van der Waals surface area contributed by atoms with Gasteiger partial charge in [-0.25, -0.2) is 4.39 Å². The number of carbonyl (C=O) groups excluding carboxylic acids is 1. The van der Waals surface area contributed by atoms with Gasteiger partial charge in [-0.2, -0.15) is 5.26 Å². The molecule has 0 radical (unpaired) electrons. The third kappa shape index (κ3) is 3.07. The summed E-state index contributed by atoms with van der Waals surface area (Å²) in [6.45, 7) is 1.68. The Kier molecular flexibility index (Phi) is 4.62. The molecule has 0 saturated heterocycles. The van der Waals surface area contributed by atoms with Crippen molar-refractivity contribution < 1.29 is 9.18 Å². The molecule has 106 valence electrons. The molecule has 0 amide bonds. The summed E-state index contributed by atoms with van der Waals surface area (Å²) in [6, 6.07) is 10.5. The summed E-state index contributed by atoms with van der Waals surface area (Å²) in [7, 11) is 0. The van der Waals surface area contributed by atoms with Crippen LogP contribution in [0.3, 0.4) is 0 Å². The van der Waals surface area contributed by atoms with Gasteiger partial charge in [0.1, 0.15) is 11.7 Å². The number of aryl methyl sites for hydroxylation is 1. The maximum Gasteiger partial charge on any atom is 0.184 e. The highest BCUT2D eigenvalue weighted by Gasteiger charge is 2.27. The number of ketones is 1. The fraction of sp³-hybridized carbons (Fsp3) is 0.125. The van der Waals surface area contributed by atoms with Crippen LogP contribution in [0.4, 0.5) is 4.39 Å². The Morgan fingerprint density at radius 3 is 2.43 bits per heavy atom. The molecule has 0 spiro atoms. The maximum absolute atomic E-state index is 13.3. The number of halogens is 3. The topological polar surface area (TPSA) is 40.9 Å². The van der Waals surface area contributed by atoms with Crippen LogP contribution < -0.4 is 0 Å². The molecule has 0 aliphatic heterocycles. The molecule has 2 aromatic rings. The van der Waals surface area contributed by atoms with Crippen LogP contribution in [-0.2, 0) is 0 Å². The lowest BCUT2D eigenvalue weighted by Gasteiger charge is -2.13. The van der Waals surface area contributed by atoms with E-state index in [4.69, 9.17) is 23.2 Å². The van der Waals surface area contributed by atoms with Crippen molar-refractivity contribution in [3.63, 3.8) is 0 Å². The number of rotatable bonds is 3. The summed E-state index contributed by atoms with van der Waals surface area (Å²) in [5, 5.41) is 9.80. The number of carbonyl (C=O) groups is 1. The summed E-state index contributed by atoms with van der Waals surface area (Å²) in [4.78, 5) is 12.5. The zero-order valence-electron chi connectivity index (χ0n) is 11.0. The van der Waals surface area contributed by atoms with E-state index in [2.05, 4.69) is 0 Å². The van der Waals surface area contributed by atoms with Crippen molar-refractivity contribution in [3.05, 3.63) is 69.0 Å². The molecular formula is C16H10Cl2FNO. The number of benzene rings is 2. The Hall–Kier alpha value is -1.89. The van der Waals surface area contributed by atoms with Gasteiger partial charge in [-0.05, 0) is 36.8 Å². The molecule has 2 nitrogen and oxygen atoms in total. The Labute approximate surface area is 131 Å². The number of nitriles is 1. The van der Waals surface area contributed by atoms with Crippen LogP contribution in [0.2, 0.25) is 10.0 Å². The largest absolute Gasteiger partial charge is 0.292 e. The molecule has 0 aliphatic rings. The molecule has 0 aliphatic carbocycles. The van der Waals surface area contributed by atoms with Crippen molar-refractivity contribution in [2.45, 2.75) is 12.8 Å². The van der Waals surface area contributed by atoms with E-state index in [-0.39, 0.29) is 21.2 Å². The first kappa shape index (κ1) is 15.5. The minimum absolute atomic E-state index is 0.150. The lowest BCUT2D eigenvalue weighted by Crippen LogP contribution is -2.14. The molecule has 0 N–H and O–H groups in total. The zero-order chi connectivity index (χ0) is 15.6. The van der Waals surface area contributed by atoms with E-state index in [1.54, 1.807) is 25.1 Å². The highest BCUT2D eigenvalue weighted by atomic mass is 35.5. The molecule has 2 rings (SSSR count). The summed E-state index contributed by atoms with van der Waals surface area (Å²) in [5.74, 6) is -2.23. The number of hydrogen-bond donors (Lipinski definition) is 0. The van der Waals surface area contributed by atoms with Crippen molar-refractivity contribution in [1.29, 1.82) is 5.26 Å². The molecule has 21 heavy (non-hydrogen) atoms. The first-order chi connectivity index (χ1) is 9.95. The standard InChI is InChI=1S/C16H10Cl2FNO/c1-9-5-6-10(19)7-11(9)16(21)12(8-20)15-13(17)3-2-4-14(15)18/h2-7,12H,1H3. The van der Waals surface area contributed by atoms with E-state index >= 15 is 0 Å². The summed E-state index contributed by atoms with van der Waals surface area (Å²) in [5.41, 5.74) is 0.986. The van der Waals surface area contributed by atoms with E-state index in [9.17, 15) is 14.4 Å². The summed E-state index contributed by atoms with van der Waals surface area (Å²) in [6.07, 6.45) is 0. The fourth-order valence-electron chi connectivity index (χ4n) is 2.06. The van der Waals surface area contributed by atoms with Gasteiger partial charge in [0.2, 0.25) is 0 Å². The van der Waals surface area contributed by atoms with Gasteiger partial charge in [-0.3, -0.25) is 4.79 Å². The quantitative estimate of drug-likeness (QED) is 0.752. The molecule has 1 atom stereocenters. The average Bonchev–Trinajstić information content (AvgIpc) is 2.45. The third-order valence-electron chi connectivity index (χ3n) is 3.14. The molecule has 0 bridgehead atoms. The third-order valence-corrected chi connectivity index (χ3v) is 3.80. The smallest absolute Gasteiger partial charge is 0.184 e. The van der Waals surface area contributed by atoms with Crippen LogP contribution in [0.15, 0.2) is 36.4 Å². The lowest BCUT2D eigenvalue weighted by molar-refractivity contribution is 0.0978. The van der Waals surface area contributed by atoms with E-state index in [1.165, 1.54) is 12.1 Å². The molecule has 1 unspecified atom stereocenters. The number of hydrogen-bond acceptors (Lipinski definition) is 2. The van der Waals surface area contributed by atoms with Gasteiger partial charge >= 0.3 is 0 Å². The molecule has 0 fully saturated rings. The van der Waals surface area contributed by atoms with Crippen LogP contribution >= 0.6 is 23.2 Å². The van der Waals surface area contributed by atoms with Crippen molar-refractivity contribution in [3.8, 4) is 6.07 Å². The van der Waals surface area contributed by atoms with Crippen molar-refractivity contribution in [1.82, 2.24) is 0 Å². The Bertz CT molecular complexity index is 732. The fourth-order valence-corrected chi connectivity index (χ4v) is 2.67. The maximum atomic E-state index is 13.3. The SMILES string of the molecule is Cc1ccc(F)cc1C(=O)C(C#N)c1c(Cl)cccc1Cl. The van der Waals surface area contributed by atoms with Gasteiger partial charge in [0.15, 0.2) is 5.78 Å². The van der Waals surface area contributed by atoms with Gasteiger partial charge in [-0.15, -0.1) is 0 Å². The van der Waals surface area contributed by atoms with Gasteiger partial charge in [-0.1, -0.05) is 35.3 Å². The summed E-state index contributed by atoms with van der Waals surface area (Å²) < 4.78 is 13.3. The number of nitrogens with zero attached hydrogens (tertiary/aromatic N) is 1. The zero-order valence-corrected chi connectivity index (χ0v) is 12.5. The molecule has 0 saturated carbocycles. The Balaban J connectivity index is 2.55. The van der Waals surface area contributed by atoms with Crippen LogP contribution in [0.5, 0.6) is 0 Å². The minimum atomic E-state index is -1.17. The predicted molar refractivity (Wildman–Crippen MR) is 80.3 cm³/mol. The molecule has 2 aromatic carbocycles. The monoisotopic (exact) mass is 321 g/mol. The van der Waals surface area contributed by atoms with Crippen molar-refractivity contribution in [2.75, 3.05) is 0 Å². The van der Waals surface area contributed by atoms with Crippen LogP contribution in [0.25, 0.3) is 0 Å². The van der Waals surface area contributed by atoms with E-state index in [0.29, 0.717) is 5.56 Å². The van der Waals surface area contributed by atoms with Crippen LogP contribution in [0.1, 0.15) is 27.4 Å². The van der Waals surface area contributed by atoms with E-state index in [1.807, 2.05) is 6.07 Å². The van der Waals surface area contributed by atoms with Gasteiger partial charge in [0.25, 0.3) is 0 Å². The second kappa shape index (κ2) is 6.26. The average molecular weight is 322 g/mol. The molecule has 0 heterocycles. The Morgan fingerprint density at radius 1 is 1.24 bits per heavy atom. The highest BCUT2D eigenvalue weighted by molar-refractivity contribution is 6.36. The normalized spacial score (nSPS) is 11.8. The van der Waals surface area contributed by atoms with Crippen LogP contribution in [-0.4, -0.2) is 5.78 Å². The van der Waals surface area contributed by atoms with Crippen LogP contribution in [0, 0.1) is 24.1 Å². The second-order valence-corrected chi connectivity index (χ2v) is 5.34. The first-order valence-corrected chi connectivity index (χ1v) is 6.85. The van der Waals surface area contributed by atoms with Gasteiger partial charge < -0.3 is 0 Å². The van der Waals surface area contributed by atoms with Gasteiger partial charge in [0, 0.05) is 21.2 Å². The van der Waals surface area contributed by atoms with E-state index < -0.39 is 17.5 Å². The molecular weight excluding hydrogens is 312 g/mol. The number of Topliss-reactive ketones (excluding diaryl/α,β-unsaturated/α-hetero) is 1. The van der Waals surface area contributed by atoms with E-state index in [0.717, 1.165) is 6.07 Å². The predicted octanol–water partition coefficient (Wildman–Crippen LogP) is 4.93. The first-order valence-electron chi connectivity index (χ1n) is 6.09. The van der Waals surface area contributed by atoms with Gasteiger partial charge in [0.05, 0.1) is 6.07 Å². The highest BCUT2D eigenvalue weighted by Crippen LogP contribution is 2.33. The minimum Gasteiger partial charge on any atom is -0.292 e. The lowest BCUT2D eigenvalue weighted by atomic mass is 9.90. The second-order valence-electron chi connectivity index (χ2n) is 4.52. The Morgan fingerprint density at radius 2 is 1.86 bits per heavy atom. The summed E-state index contributed by atoms with van der Waals surface area (Å²) >= 11 is 12.1. The molecule has 0 aromatic heterocycles. The van der Waals surface area contributed by atoms with Crippen molar-refractivity contribution in [2.24, 2.45) is 0 Å². The van der Waals surface area contributed by atoms with Crippen molar-refractivity contribution >= 4 is 29.0 Å². The molecule has 5 heteroatoms.